The van der Waals surface area contributed by atoms with Crippen LogP contribution in [0.25, 0.3) is 0 Å². The Balaban J connectivity index is 2.40. The summed E-state index contributed by atoms with van der Waals surface area (Å²) in [6.07, 6.45) is -3.25. The first-order valence-electron chi connectivity index (χ1n) is 5.55. The fourth-order valence-corrected chi connectivity index (χ4v) is 5.60. The van der Waals surface area contributed by atoms with E-state index >= 15 is 0 Å². The van der Waals surface area contributed by atoms with Crippen molar-refractivity contribution in [2.24, 2.45) is 0 Å². The molecule has 0 amide bonds. The Bertz CT molecular complexity index is 527. The third kappa shape index (κ3) is 2.78. The zero-order chi connectivity index (χ0) is 14.2. The minimum absolute atomic E-state index is 0.102. The van der Waals surface area contributed by atoms with Gasteiger partial charge in [0.25, 0.3) is 0 Å². The molecule has 102 valence electrons. The Morgan fingerprint density at radius 3 is 2.74 bits per heavy atom. The molecule has 0 radical (unpaired) electrons. The van der Waals surface area contributed by atoms with Crippen molar-refractivity contribution in [3.63, 3.8) is 0 Å². The molecule has 0 spiro atoms. The summed E-state index contributed by atoms with van der Waals surface area (Å²) in [5.74, 6) is 0.102. The SMILES string of the molecule is Nc1nc(=O)n([C@@H]2O[C@H](CO)[C@@H](O)[C@@H]2O)c[c]1[Hg][Cl]. The van der Waals surface area contributed by atoms with Crippen molar-refractivity contribution < 1.29 is 43.4 Å². The van der Waals surface area contributed by atoms with Crippen LogP contribution in [0, 0.1) is 0 Å². The number of aliphatic hydroxyl groups is 3. The molecular formula is C9H12ClHgN3O5. The second-order valence-corrected chi connectivity index (χ2v) is 10.5. The van der Waals surface area contributed by atoms with Crippen molar-refractivity contribution in [3.05, 3.63) is 16.7 Å². The van der Waals surface area contributed by atoms with E-state index in [-0.39, 0.29) is 5.82 Å². The third-order valence-corrected chi connectivity index (χ3v) is 8.76. The number of nitrogens with zero attached hydrogens (tertiary/aromatic N) is 2. The molecule has 2 rings (SSSR count). The van der Waals surface area contributed by atoms with Crippen LogP contribution in [-0.4, -0.2) is 49.8 Å². The number of hydrogen-bond donors (Lipinski definition) is 4. The maximum atomic E-state index is 11.8. The molecule has 0 bridgehead atoms. The van der Waals surface area contributed by atoms with E-state index in [9.17, 15) is 15.0 Å². The van der Waals surface area contributed by atoms with Crippen LogP contribution >= 0.6 is 8.25 Å². The molecule has 1 aliphatic rings. The summed E-state index contributed by atoms with van der Waals surface area (Å²) in [5.41, 5.74) is 4.87. The van der Waals surface area contributed by atoms with Crippen molar-refractivity contribution in [1.29, 1.82) is 0 Å². The summed E-state index contributed by atoms with van der Waals surface area (Å²) in [4.78, 5) is 15.4. The number of aliphatic hydroxyl groups excluding tert-OH is 3. The molecule has 1 aromatic rings. The number of nitrogen functional groups attached to an aromatic ring is 1. The standard InChI is InChI=1S/C9H12N3O5.ClH.Hg/c10-5-1-2-12(9(16)11-5)8-7(15)6(14)4(3-13)17-8;;/h2,4,6-8,13-15H,3H2,(H2,10,11,16);1H;/q;;+1/p-1/t4-,6-,7+,8-;;/m1../s1. The molecule has 1 fully saturated rings. The van der Waals surface area contributed by atoms with Crippen LogP contribution in [0.4, 0.5) is 5.82 Å². The quantitative estimate of drug-likeness (QED) is 0.348. The normalized spacial score (nSPS) is 30.3. The topological polar surface area (TPSA) is 131 Å². The van der Waals surface area contributed by atoms with Gasteiger partial charge in [-0.05, 0) is 0 Å². The first-order valence-corrected chi connectivity index (χ1v) is 15.1. The molecule has 8 nitrogen and oxygen atoms in total. The third-order valence-electron chi connectivity index (χ3n) is 3.00. The molecule has 1 aliphatic heterocycles. The van der Waals surface area contributed by atoms with Crippen LogP contribution in [0.5, 0.6) is 0 Å². The average Bonchev–Trinajstić information content (AvgIpc) is 2.67. The van der Waals surface area contributed by atoms with Gasteiger partial charge >= 0.3 is 124 Å². The molecule has 5 N–H and O–H groups in total. The Hall–Kier alpha value is -0.255. The fraction of sp³-hybridized carbons (Fsp3) is 0.556. The van der Waals surface area contributed by atoms with Crippen molar-refractivity contribution in [2.45, 2.75) is 24.5 Å². The van der Waals surface area contributed by atoms with Crippen molar-refractivity contribution in [2.75, 3.05) is 12.3 Å². The van der Waals surface area contributed by atoms with Crippen molar-refractivity contribution >= 4 is 17.1 Å². The molecule has 1 aromatic heterocycles. The van der Waals surface area contributed by atoms with Crippen LogP contribution in [0.2, 0.25) is 0 Å². The van der Waals surface area contributed by atoms with Gasteiger partial charge < -0.3 is 0 Å². The van der Waals surface area contributed by atoms with E-state index in [1.807, 2.05) is 0 Å². The summed E-state index contributed by atoms with van der Waals surface area (Å²) in [6.45, 7) is -0.464. The average molecular weight is 478 g/mol. The Kier molecular flexibility index (Phi) is 4.80. The molecule has 2 heterocycles. The number of hydrogen-bond acceptors (Lipinski definition) is 7. The molecule has 4 atom stereocenters. The Labute approximate surface area is 123 Å². The first kappa shape index (κ1) is 15.1. The van der Waals surface area contributed by atoms with Crippen LogP contribution < -0.4 is 14.5 Å². The fourth-order valence-electron chi connectivity index (χ4n) is 1.92. The van der Waals surface area contributed by atoms with Gasteiger partial charge in [-0.2, -0.15) is 0 Å². The zero-order valence-electron chi connectivity index (χ0n) is 9.81. The predicted octanol–water partition coefficient (Wildman–Crippen LogP) is -2.70. The predicted molar refractivity (Wildman–Crippen MR) is 61.4 cm³/mol. The molecule has 19 heavy (non-hydrogen) atoms. The van der Waals surface area contributed by atoms with Gasteiger partial charge in [0.2, 0.25) is 0 Å². The Morgan fingerprint density at radius 1 is 1.53 bits per heavy atom. The number of nitrogens with two attached hydrogens (primary N) is 1. The van der Waals surface area contributed by atoms with Gasteiger partial charge in [-0.3, -0.25) is 0 Å². The van der Waals surface area contributed by atoms with E-state index in [1.54, 1.807) is 0 Å². The van der Waals surface area contributed by atoms with Gasteiger partial charge in [-0.25, -0.2) is 0 Å². The number of rotatable bonds is 3. The summed E-state index contributed by atoms with van der Waals surface area (Å²) in [5, 5.41) is 28.5. The second kappa shape index (κ2) is 6.02. The van der Waals surface area contributed by atoms with Crippen LogP contribution in [0.1, 0.15) is 6.23 Å². The van der Waals surface area contributed by atoms with E-state index in [0.29, 0.717) is 3.07 Å². The number of ether oxygens (including phenoxy) is 1. The van der Waals surface area contributed by atoms with Crippen LogP contribution in [0.3, 0.4) is 0 Å². The molecule has 1 saturated heterocycles. The van der Waals surface area contributed by atoms with E-state index in [0.717, 1.165) is 4.57 Å². The van der Waals surface area contributed by atoms with Crippen molar-refractivity contribution in [3.8, 4) is 0 Å². The van der Waals surface area contributed by atoms with Gasteiger partial charge in [-0.15, -0.1) is 0 Å². The van der Waals surface area contributed by atoms with Gasteiger partial charge in [0.15, 0.2) is 0 Å². The number of aromatic nitrogens is 2. The summed E-state index contributed by atoms with van der Waals surface area (Å²) in [7, 11) is 5.88. The number of halogens is 1. The number of anilines is 1. The van der Waals surface area contributed by atoms with Gasteiger partial charge in [0, 0.05) is 0 Å². The molecule has 0 unspecified atom stereocenters. The molecule has 0 saturated carbocycles. The zero-order valence-corrected chi connectivity index (χ0v) is 16.1. The van der Waals surface area contributed by atoms with Gasteiger partial charge in [0.1, 0.15) is 0 Å². The van der Waals surface area contributed by atoms with E-state index in [2.05, 4.69) is 4.98 Å². The second-order valence-electron chi connectivity index (χ2n) is 4.20. The first-order chi connectivity index (χ1) is 8.99. The summed E-state index contributed by atoms with van der Waals surface area (Å²) in [6, 6.07) is 0. The maximum absolute atomic E-state index is 11.8. The van der Waals surface area contributed by atoms with E-state index in [1.165, 1.54) is 6.20 Å². The minimum atomic E-state index is -1.90. The van der Waals surface area contributed by atoms with Crippen LogP contribution in [0.15, 0.2) is 11.0 Å². The molecular weight excluding hydrogens is 466 g/mol. The van der Waals surface area contributed by atoms with Crippen molar-refractivity contribution in [1.82, 2.24) is 9.55 Å². The van der Waals surface area contributed by atoms with E-state index < -0.39 is 60.2 Å². The Morgan fingerprint density at radius 2 is 2.21 bits per heavy atom. The molecule has 10 heteroatoms. The van der Waals surface area contributed by atoms with Crippen LogP contribution in [-0.2, 0) is 28.1 Å². The summed E-state index contributed by atoms with van der Waals surface area (Å²) >= 11 is -1.90. The molecule has 0 aromatic carbocycles. The molecule has 0 aliphatic carbocycles. The monoisotopic (exact) mass is 479 g/mol. The van der Waals surface area contributed by atoms with Gasteiger partial charge in [-0.1, -0.05) is 0 Å². The summed E-state index contributed by atoms with van der Waals surface area (Å²) < 4.78 is 6.93. The van der Waals surface area contributed by atoms with Gasteiger partial charge in [0.05, 0.1) is 0 Å². The van der Waals surface area contributed by atoms with E-state index in [4.69, 9.17) is 23.8 Å².